The van der Waals surface area contributed by atoms with Crippen LogP contribution >= 0.6 is 0 Å². The van der Waals surface area contributed by atoms with Crippen molar-refractivity contribution in [1.29, 1.82) is 0 Å². The first-order chi connectivity index (χ1) is 18.1. The van der Waals surface area contributed by atoms with Gasteiger partial charge in [0, 0.05) is 0 Å². The van der Waals surface area contributed by atoms with Gasteiger partial charge < -0.3 is 31.4 Å². The number of hydrogen-bond acceptors (Lipinski definition) is 1. The van der Waals surface area contributed by atoms with Gasteiger partial charge in [-0.05, 0) is 25.7 Å². The minimum Gasteiger partial charge on any atom is -1.00 e. The predicted molar refractivity (Wildman–Crippen MR) is 179 cm³/mol. The normalized spacial score (nSPS) is 11.4. The second-order valence-electron chi connectivity index (χ2n) is 14.5. The first-order valence-corrected chi connectivity index (χ1v) is 17.7. The molecule has 0 aromatic carbocycles. The van der Waals surface area contributed by atoms with Gasteiger partial charge in [-0.15, -0.1) is 0 Å². The van der Waals surface area contributed by atoms with E-state index in [2.05, 4.69) is 56.1 Å². The van der Waals surface area contributed by atoms with Crippen molar-refractivity contribution in [3.8, 4) is 0 Å². The maximum absolute atomic E-state index is 2.29. The lowest BCUT2D eigenvalue weighted by atomic mass is 10.0. The molecule has 248 valence electrons. The molecule has 0 aliphatic carbocycles. The molecule has 0 fully saturated rings. The zero-order chi connectivity index (χ0) is 28.8. The molecule has 3 nitrogen and oxygen atoms in total. The Labute approximate surface area is 266 Å². The molecule has 0 heterocycles. The van der Waals surface area contributed by atoms with Gasteiger partial charge in [-0.2, -0.15) is 0 Å². The van der Waals surface area contributed by atoms with Crippen molar-refractivity contribution in [3.05, 3.63) is 0 Å². The van der Waals surface area contributed by atoms with Gasteiger partial charge in [-0.25, -0.2) is 0 Å². The Balaban J connectivity index is -0.000000309. The first-order valence-electron chi connectivity index (χ1n) is 17.7. The topological polar surface area (TPSA) is 30.0 Å². The van der Waals surface area contributed by atoms with Crippen LogP contribution < -0.4 is 17.0 Å². The molecular formula is C36H81BrN2O. The molecule has 4 heteroatoms. The monoisotopic (exact) mass is 637 g/mol. The summed E-state index contributed by atoms with van der Waals surface area (Å²) in [5, 5.41) is 0. The van der Waals surface area contributed by atoms with E-state index in [1.807, 2.05) is 0 Å². The van der Waals surface area contributed by atoms with Crippen LogP contribution in [0.2, 0.25) is 0 Å². The second kappa shape index (κ2) is 35.6. The van der Waals surface area contributed by atoms with Crippen LogP contribution in [-0.2, 0) is 0 Å². The van der Waals surface area contributed by atoms with Crippen molar-refractivity contribution in [2.75, 3.05) is 55.4 Å². The first kappa shape index (κ1) is 47.3. The lowest BCUT2D eigenvalue weighted by Gasteiger charge is -2.23. The molecule has 0 atom stereocenters. The Morgan fingerprint density at radius 3 is 0.575 bits per heavy atom. The predicted octanol–water partition coefficient (Wildman–Crippen LogP) is 8.39. The average molecular weight is 638 g/mol. The summed E-state index contributed by atoms with van der Waals surface area (Å²) in [7, 11) is 13.8. The van der Waals surface area contributed by atoms with Gasteiger partial charge >= 0.3 is 0 Å². The zero-order valence-corrected chi connectivity index (χ0v) is 31.1. The van der Waals surface area contributed by atoms with Crippen molar-refractivity contribution < 1.29 is 31.4 Å². The Bertz CT molecular complexity index is 391. The highest BCUT2D eigenvalue weighted by atomic mass is 79.9. The zero-order valence-electron chi connectivity index (χ0n) is 29.5. The van der Waals surface area contributed by atoms with Crippen molar-refractivity contribution in [2.45, 2.75) is 181 Å². The molecule has 1 N–H and O–H groups in total. The standard InChI is InChI=1S/2C18H40N.BrH.H2O/c2*1-5-6-7-8-9-10-11-12-13-14-15-16-17-18-19(2,3)4;;/h2*5-18H2,1-4H3;1H;1H2/q2*+1;;/p-2. The molecule has 0 aliphatic rings. The number of hydrogen-bond donors (Lipinski definition) is 0. The van der Waals surface area contributed by atoms with Crippen molar-refractivity contribution in [2.24, 2.45) is 0 Å². The number of halogens is 1. The second-order valence-corrected chi connectivity index (χ2v) is 14.5. The van der Waals surface area contributed by atoms with E-state index in [1.54, 1.807) is 0 Å². The van der Waals surface area contributed by atoms with E-state index in [0.29, 0.717) is 0 Å². The number of quaternary nitrogens is 2. The third-order valence-corrected chi connectivity index (χ3v) is 7.86. The summed E-state index contributed by atoms with van der Waals surface area (Å²) in [6.45, 7) is 7.25. The lowest BCUT2D eigenvalue weighted by molar-refractivity contribution is -0.870. The fourth-order valence-corrected chi connectivity index (χ4v) is 5.21. The fraction of sp³-hybridized carbons (Fsp3) is 1.00. The van der Waals surface area contributed by atoms with Gasteiger partial charge in [-0.3, -0.25) is 0 Å². The van der Waals surface area contributed by atoms with E-state index in [9.17, 15) is 0 Å². The van der Waals surface area contributed by atoms with Crippen molar-refractivity contribution in [1.82, 2.24) is 0 Å². The Hall–Kier alpha value is 0.360. The van der Waals surface area contributed by atoms with E-state index >= 15 is 0 Å². The molecule has 0 radical (unpaired) electrons. The van der Waals surface area contributed by atoms with Gasteiger partial charge in [0.05, 0.1) is 55.4 Å². The van der Waals surface area contributed by atoms with Crippen LogP contribution in [0, 0.1) is 0 Å². The number of rotatable bonds is 28. The minimum atomic E-state index is 0. The maximum Gasteiger partial charge on any atom is 0.0780 e. The Morgan fingerprint density at radius 1 is 0.275 bits per heavy atom. The molecule has 0 aromatic rings. The fourth-order valence-electron chi connectivity index (χ4n) is 5.21. The number of nitrogens with zero attached hydrogens (tertiary/aromatic N) is 2. The highest BCUT2D eigenvalue weighted by Gasteiger charge is 2.06. The smallest absolute Gasteiger partial charge is 0.0780 e. The average Bonchev–Trinajstić information content (AvgIpc) is 2.84. The van der Waals surface area contributed by atoms with Crippen LogP contribution in [0.3, 0.4) is 0 Å². The van der Waals surface area contributed by atoms with Gasteiger partial charge in [0.15, 0.2) is 0 Å². The molecule has 0 aliphatic heterocycles. The van der Waals surface area contributed by atoms with Gasteiger partial charge in [0.25, 0.3) is 0 Å². The molecule has 0 bridgehead atoms. The summed E-state index contributed by atoms with van der Waals surface area (Å²) in [4.78, 5) is 0. The van der Waals surface area contributed by atoms with Crippen LogP contribution in [0.5, 0.6) is 0 Å². The van der Waals surface area contributed by atoms with Crippen molar-refractivity contribution >= 4 is 0 Å². The molecule has 0 aromatic heterocycles. The lowest BCUT2D eigenvalue weighted by Crippen LogP contribution is -3.00. The third-order valence-electron chi connectivity index (χ3n) is 7.86. The maximum atomic E-state index is 2.29. The van der Waals surface area contributed by atoms with Crippen LogP contribution in [0.15, 0.2) is 0 Å². The summed E-state index contributed by atoms with van der Waals surface area (Å²) in [6, 6.07) is 0. The molecule has 0 spiro atoms. The van der Waals surface area contributed by atoms with Gasteiger partial charge in [0.1, 0.15) is 0 Å². The summed E-state index contributed by atoms with van der Waals surface area (Å²) in [5.74, 6) is 0. The number of unbranched alkanes of at least 4 members (excludes halogenated alkanes) is 24. The summed E-state index contributed by atoms with van der Waals surface area (Å²) >= 11 is 0. The Morgan fingerprint density at radius 2 is 0.425 bits per heavy atom. The SMILES string of the molecule is CCCCCCCCCCCCCCC[N+](C)(C)C.CCCCCCCCCCCCCCC[N+](C)(C)C.[Br-].[OH-]. The van der Waals surface area contributed by atoms with E-state index in [4.69, 9.17) is 0 Å². The largest absolute Gasteiger partial charge is 1.00 e. The van der Waals surface area contributed by atoms with E-state index in [1.165, 1.54) is 180 Å². The van der Waals surface area contributed by atoms with Gasteiger partial charge in [-0.1, -0.05) is 155 Å². The molecule has 0 unspecified atom stereocenters. The molecular weight excluding hydrogens is 556 g/mol. The van der Waals surface area contributed by atoms with E-state index in [0.717, 1.165) is 8.97 Å². The molecule has 0 saturated heterocycles. The summed E-state index contributed by atoms with van der Waals surface area (Å²) in [6.07, 6.45) is 37.8. The molecule has 0 amide bonds. The Kier molecular flexibility index (Phi) is 42.0. The highest BCUT2D eigenvalue weighted by molar-refractivity contribution is 4.50. The van der Waals surface area contributed by atoms with E-state index < -0.39 is 0 Å². The molecule has 0 saturated carbocycles. The third kappa shape index (κ3) is 51.1. The van der Waals surface area contributed by atoms with Crippen LogP contribution in [0.4, 0.5) is 0 Å². The van der Waals surface area contributed by atoms with Gasteiger partial charge in [0.2, 0.25) is 0 Å². The molecule has 40 heavy (non-hydrogen) atoms. The van der Waals surface area contributed by atoms with E-state index in [-0.39, 0.29) is 22.5 Å². The quantitative estimate of drug-likeness (QED) is 0.0626. The minimum absolute atomic E-state index is 0. The highest BCUT2D eigenvalue weighted by Crippen LogP contribution is 2.14. The van der Waals surface area contributed by atoms with Crippen LogP contribution in [0.1, 0.15) is 181 Å². The van der Waals surface area contributed by atoms with Crippen LogP contribution in [-0.4, -0.2) is 69.8 Å². The molecule has 0 rings (SSSR count). The summed E-state index contributed by atoms with van der Waals surface area (Å²) < 4.78 is 2.25. The van der Waals surface area contributed by atoms with Crippen molar-refractivity contribution in [3.63, 3.8) is 0 Å². The van der Waals surface area contributed by atoms with Crippen LogP contribution in [0.25, 0.3) is 0 Å². The summed E-state index contributed by atoms with van der Waals surface area (Å²) in [5.41, 5.74) is 0.